The fourth-order valence-electron chi connectivity index (χ4n) is 3.18. The summed E-state index contributed by atoms with van der Waals surface area (Å²) in [7, 11) is -3.73. The standard InChI is InChI=1S/C20H23N3O4S/c1-14-5-3-4-6-18(14)22-20(25)9-11-21-28(26,27)17-7-8-19-16(13-17)10-12-23(19)15(2)24/h3-8,13,21H,9-12H2,1-2H3,(H,22,25). The van der Waals surface area contributed by atoms with Gasteiger partial charge in [-0.15, -0.1) is 0 Å². The third-order valence-corrected chi connectivity index (χ3v) is 6.16. The van der Waals surface area contributed by atoms with E-state index in [1.165, 1.54) is 13.0 Å². The summed E-state index contributed by atoms with van der Waals surface area (Å²) in [5, 5.41) is 2.77. The monoisotopic (exact) mass is 401 g/mol. The number of amides is 2. The van der Waals surface area contributed by atoms with Crippen molar-refractivity contribution in [1.82, 2.24) is 4.72 Å². The molecule has 28 heavy (non-hydrogen) atoms. The number of anilines is 2. The molecule has 3 rings (SSSR count). The Kier molecular flexibility index (Phi) is 5.81. The van der Waals surface area contributed by atoms with Gasteiger partial charge in [0.2, 0.25) is 21.8 Å². The van der Waals surface area contributed by atoms with Crippen molar-refractivity contribution >= 4 is 33.2 Å². The molecular weight excluding hydrogens is 378 g/mol. The van der Waals surface area contributed by atoms with E-state index in [0.29, 0.717) is 18.7 Å². The number of fused-ring (bicyclic) bond motifs is 1. The summed E-state index contributed by atoms with van der Waals surface area (Å²) >= 11 is 0. The highest BCUT2D eigenvalue weighted by molar-refractivity contribution is 7.89. The van der Waals surface area contributed by atoms with Crippen LogP contribution in [0.5, 0.6) is 0 Å². The topological polar surface area (TPSA) is 95.6 Å². The Morgan fingerprint density at radius 1 is 1.14 bits per heavy atom. The molecule has 0 bridgehead atoms. The van der Waals surface area contributed by atoms with Crippen molar-refractivity contribution in [2.45, 2.75) is 31.6 Å². The Labute approximate surface area is 164 Å². The van der Waals surface area contributed by atoms with Gasteiger partial charge in [0.25, 0.3) is 0 Å². The molecule has 1 aliphatic rings. The zero-order valence-corrected chi connectivity index (χ0v) is 16.7. The maximum atomic E-state index is 12.5. The largest absolute Gasteiger partial charge is 0.326 e. The summed E-state index contributed by atoms with van der Waals surface area (Å²) < 4.78 is 27.5. The molecule has 0 unspecified atom stereocenters. The third-order valence-electron chi connectivity index (χ3n) is 4.70. The van der Waals surface area contributed by atoms with E-state index in [1.54, 1.807) is 23.1 Å². The van der Waals surface area contributed by atoms with Gasteiger partial charge in [-0.2, -0.15) is 0 Å². The first kappa shape index (κ1) is 20.0. The van der Waals surface area contributed by atoms with Crippen molar-refractivity contribution in [3.63, 3.8) is 0 Å². The molecule has 0 spiro atoms. The fourth-order valence-corrected chi connectivity index (χ4v) is 4.26. The summed E-state index contributed by atoms with van der Waals surface area (Å²) in [5.41, 5.74) is 3.23. The lowest BCUT2D eigenvalue weighted by Crippen LogP contribution is -2.28. The van der Waals surface area contributed by atoms with Crippen LogP contribution < -0.4 is 14.9 Å². The number of aryl methyl sites for hydroxylation is 1. The molecule has 2 aromatic carbocycles. The van der Waals surface area contributed by atoms with Gasteiger partial charge in [-0.25, -0.2) is 13.1 Å². The fraction of sp³-hybridized carbons (Fsp3) is 0.300. The number of carbonyl (C=O) groups is 2. The Morgan fingerprint density at radius 3 is 2.61 bits per heavy atom. The van der Waals surface area contributed by atoms with Crippen molar-refractivity contribution in [2.75, 3.05) is 23.3 Å². The number of para-hydroxylation sites is 1. The van der Waals surface area contributed by atoms with E-state index in [0.717, 1.165) is 16.8 Å². The third kappa shape index (κ3) is 4.40. The molecule has 0 saturated carbocycles. The molecule has 7 nitrogen and oxygen atoms in total. The van der Waals surface area contributed by atoms with Crippen LogP contribution in [0.2, 0.25) is 0 Å². The van der Waals surface area contributed by atoms with E-state index in [4.69, 9.17) is 0 Å². The van der Waals surface area contributed by atoms with Crippen LogP contribution in [0.3, 0.4) is 0 Å². The molecule has 2 amide bonds. The van der Waals surface area contributed by atoms with Crippen LogP contribution in [0, 0.1) is 6.92 Å². The van der Waals surface area contributed by atoms with Crippen LogP contribution in [0.15, 0.2) is 47.4 Å². The second kappa shape index (κ2) is 8.12. The Balaban J connectivity index is 1.59. The molecule has 0 fully saturated rings. The first-order chi connectivity index (χ1) is 13.3. The minimum Gasteiger partial charge on any atom is -0.326 e. The number of sulfonamides is 1. The first-order valence-electron chi connectivity index (χ1n) is 9.04. The lowest BCUT2D eigenvalue weighted by atomic mass is 10.2. The zero-order valence-electron chi connectivity index (χ0n) is 15.9. The molecule has 148 valence electrons. The smallest absolute Gasteiger partial charge is 0.240 e. The van der Waals surface area contributed by atoms with Crippen LogP contribution in [0.25, 0.3) is 0 Å². The first-order valence-corrected chi connectivity index (χ1v) is 10.5. The second-order valence-corrected chi connectivity index (χ2v) is 8.49. The minimum atomic E-state index is -3.73. The highest BCUT2D eigenvalue weighted by Gasteiger charge is 2.24. The predicted octanol–water partition coefficient (Wildman–Crippen LogP) is 2.21. The summed E-state index contributed by atoms with van der Waals surface area (Å²) in [6.07, 6.45) is 0.647. The van der Waals surface area contributed by atoms with Gasteiger partial charge in [0.05, 0.1) is 4.90 Å². The van der Waals surface area contributed by atoms with Crippen molar-refractivity contribution in [3.8, 4) is 0 Å². The quantitative estimate of drug-likeness (QED) is 0.776. The zero-order chi connectivity index (χ0) is 20.3. The Morgan fingerprint density at radius 2 is 1.89 bits per heavy atom. The lowest BCUT2D eigenvalue weighted by molar-refractivity contribution is -0.117. The molecule has 2 N–H and O–H groups in total. The average Bonchev–Trinajstić information content (AvgIpc) is 3.07. The summed E-state index contributed by atoms with van der Waals surface area (Å²) in [6.45, 7) is 3.93. The summed E-state index contributed by atoms with van der Waals surface area (Å²) in [6, 6.07) is 12.1. The SMILES string of the molecule is CC(=O)N1CCc2cc(S(=O)(=O)NCCC(=O)Nc3ccccc3C)ccc21. The number of rotatable bonds is 6. The van der Waals surface area contributed by atoms with Crippen molar-refractivity contribution in [3.05, 3.63) is 53.6 Å². The van der Waals surface area contributed by atoms with Gasteiger partial charge < -0.3 is 10.2 Å². The van der Waals surface area contributed by atoms with Gasteiger partial charge in [0, 0.05) is 37.8 Å². The number of nitrogens with one attached hydrogen (secondary N) is 2. The van der Waals surface area contributed by atoms with E-state index >= 15 is 0 Å². The Hall–Kier alpha value is -2.71. The van der Waals surface area contributed by atoms with Gasteiger partial charge in [-0.05, 0) is 48.7 Å². The highest BCUT2D eigenvalue weighted by Crippen LogP contribution is 2.30. The molecule has 0 aliphatic carbocycles. The Bertz CT molecular complexity index is 1020. The van der Waals surface area contributed by atoms with Crippen LogP contribution in [0.1, 0.15) is 24.5 Å². The van der Waals surface area contributed by atoms with Gasteiger partial charge in [0.15, 0.2) is 0 Å². The van der Waals surface area contributed by atoms with Crippen LogP contribution >= 0.6 is 0 Å². The van der Waals surface area contributed by atoms with Gasteiger partial charge in [-0.1, -0.05) is 18.2 Å². The molecule has 2 aromatic rings. The van der Waals surface area contributed by atoms with Gasteiger partial charge in [-0.3, -0.25) is 9.59 Å². The van der Waals surface area contributed by atoms with Crippen molar-refractivity contribution < 1.29 is 18.0 Å². The maximum Gasteiger partial charge on any atom is 0.240 e. The maximum absolute atomic E-state index is 12.5. The molecular formula is C20H23N3O4S. The normalized spacial score (nSPS) is 13.3. The summed E-state index contributed by atoms with van der Waals surface area (Å²) in [5.74, 6) is -0.324. The number of hydrogen-bond donors (Lipinski definition) is 2. The number of benzene rings is 2. The van der Waals surface area contributed by atoms with Crippen LogP contribution in [-0.2, 0) is 26.0 Å². The number of nitrogens with zero attached hydrogens (tertiary/aromatic N) is 1. The van der Waals surface area contributed by atoms with E-state index < -0.39 is 10.0 Å². The van der Waals surface area contributed by atoms with Crippen LogP contribution in [-0.4, -0.2) is 33.3 Å². The van der Waals surface area contributed by atoms with Crippen LogP contribution in [0.4, 0.5) is 11.4 Å². The summed E-state index contributed by atoms with van der Waals surface area (Å²) in [4.78, 5) is 25.4. The number of hydrogen-bond acceptors (Lipinski definition) is 4. The molecule has 1 heterocycles. The predicted molar refractivity (Wildman–Crippen MR) is 108 cm³/mol. The van der Waals surface area contributed by atoms with E-state index in [1.807, 2.05) is 25.1 Å². The average molecular weight is 401 g/mol. The highest BCUT2D eigenvalue weighted by atomic mass is 32.2. The van der Waals surface area contributed by atoms with E-state index in [2.05, 4.69) is 10.0 Å². The minimum absolute atomic E-state index is 0.00327. The van der Waals surface area contributed by atoms with Crippen molar-refractivity contribution in [2.24, 2.45) is 0 Å². The molecule has 0 saturated heterocycles. The molecule has 0 aromatic heterocycles. The van der Waals surface area contributed by atoms with E-state index in [9.17, 15) is 18.0 Å². The lowest BCUT2D eigenvalue weighted by Gasteiger charge is -2.15. The van der Waals surface area contributed by atoms with Gasteiger partial charge >= 0.3 is 0 Å². The van der Waals surface area contributed by atoms with Crippen molar-refractivity contribution in [1.29, 1.82) is 0 Å². The molecule has 8 heteroatoms. The van der Waals surface area contributed by atoms with E-state index in [-0.39, 0.29) is 29.7 Å². The molecule has 0 radical (unpaired) electrons. The van der Waals surface area contributed by atoms with Gasteiger partial charge in [0.1, 0.15) is 0 Å². The molecule has 1 aliphatic heterocycles. The second-order valence-electron chi connectivity index (χ2n) is 6.72. The molecule has 0 atom stereocenters. The number of carbonyl (C=O) groups excluding carboxylic acids is 2.